The van der Waals surface area contributed by atoms with Crippen LogP contribution in [0.15, 0.2) is 36.9 Å². The highest BCUT2D eigenvalue weighted by molar-refractivity contribution is 5.88. The third-order valence-corrected chi connectivity index (χ3v) is 5.99. The molecule has 0 aromatic heterocycles. The van der Waals surface area contributed by atoms with E-state index in [9.17, 15) is 14.0 Å². The monoisotopic (exact) mass is 358 g/mol. The van der Waals surface area contributed by atoms with Gasteiger partial charge in [0.1, 0.15) is 5.82 Å². The Labute approximate surface area is 154 Å². The number of amides is 2. The zero-order valence-corrected chi connectivity index (χ0v) is 15.6. The van der Waals surface area contributed by atoms with Crippen molar-refractivity contribution >= 4 is 11.8 Å². The molecule has 4 nitrogen and oxygen atoms in total. The number of carbonyl (C=O) groups excluding carboxylic acids is 2. The molecule has 2 atom stereocenters. The second-order valence-corrected chi connectivity index (χ2v) is 7.83. The Hall–Kier alpha value is -2.17. The third-order valence-electron chi connectivity index (χ3n) is 5.99. The predicted octanol–water partition coefficient (Wildman–Crippen LogP) is 3.34. The van der Waals surface area contributed by atoms with E-state index < -0.39 is 5.54 Å². The number of hydrogen-bond acceptors (Lipinski definition) is 2. The standard InChI is InChI=1S/C21H27FN2O2/c1-4-19(25)23-12-7-8-15(14-23)20(26)24-13-11-17(21(24,2)3)16-9-5-6-10-18(16)22/h4-6,9-10,15,17H,1,7-8,11-14H2,2-3H3. The van der Waals surface area contributed by atoms with Gasteiger partial charge in [0.05, 0.1) is 5.92 Å². The van der Waals surface area contributed by atoms with Crippen molar-refractivity contribution in [1.82, 2.24) is 9.80 Å². The normalized spacial score (nSPS) is 25.2. The minimum atomic E-state index is -0.454. The van der Waals surface area contributed by atoms with Crippen LogP contribution < -0.4 is 0 Å². The van der Waals surface area contributed by atoms with E-state index in [0.29, 0.717) is 25.2 Å². The summed E-state index contributed by atoms with van der Waals surface area (Å²) in [7, 11) is 0. The summed E-state index contributed by atoms with van der Waals surface area (Å²) in [5.74, 6) is -0.462. The molecule has 0 aliphatic carbocycles. The maximum Gasteiger partial charge on any atom is 0.245 e. The Balaban J connectivity index is 1.77. The molecule has 2 saturated heterocycles. The average molecular weight is 358 g/mol. The predicted molar refractivity (Wildman–Crippen MR) is 99.1 cm³/mol. The van der Waals surface area contributed by atoms with Crippen LogP contribution in [0.5, 0.6) is 0 Å². The highest BCUT2D eigenvalue weighted by Gasteiger charge is 2.47. The van der Waals surface area contributed by atoms with Crippen LogP contribution in [-0.2, 0) is 9.59 Å². The number of likely N-dealkylation sites (tertiary alicyclic amines) is 2. The number of benzene rings is 1. The molecule has 2 amide bonds. The third kappa shape index (κ3) is 3.27. The van der Waals surface area contributed by atoms with Crippen molar-refractivity contribution in [2.24, 2.45) is 5.92 Å². The summed E-state index contributed by atoms with van der Waals surface area (Å²) in [6.07, 6.45) is 3.67. The number of halogens is 1. The maximum atomic E-state index is 14.3. The fraction of sp³-hybridized carbons (Fsp3) is 0.524. The number of carbonyl (C=O) groups is 2. The lowest BCUT2D eigenvalue weighted by molar-refractivity contribution is -0.142. The molecule has 2 aliphatic heterocycles. The number of nitrogens with zero attached hydrogens (tertiary/aromatic N) is 2. The topological polar surface area (TPSA) is 40.6 Å². The van der Waals surface area contributed by atoms with Crippen LogP contribution in [0.2, 0.25) is 0 Å². The SMILES string of the molecule is C=CC(=O)N1CCCC(C(=O)N2CCC(c3ccccc3F)C2(C)C)C1. The van der Waals surface area contributed by atoms with Crippen molar-refractivity contribution in [2.75, 3.05) is 19.6 Å². The van der Waals surface area contributed by atoms with Gasteiger partial charge in [0, 0.05) is 31.1 Å². The van der Waals surface area contributed by atoms with E-state index in [4.69, 9.17) is 0 Å². The van der Waals surface area contributed by atoms with E-state index in [-0.39, 0.29) is 29.5 Å². The molecule has 3 rings (SSSR count). The van der Waals surface area contributed by atoms with E-state index in [1.165, 1.54) is 12.1 Å². The summed E-state index contributed by atoms with van der Waals surface area (Å²) in [5, 5.41) is 0. The Morgan fingerprint density at radius 3 is 2.65 bits per heavy atom. The van der Waals surface area contributed by atoms with Gasteiger partial charge in [-0.1, -0.05) is 24.8 Å². The van der Waals surface area contributed by atoms with E-state index in [1.807, 2.05) is 30.9 Å². The Kier molecular flexibility index (Phi) is 5.17. The first kappa shape index (κ1) is 18.6. The summed E-state index contributed by atoms with van der Waals surface area (Å²) in [5.41, 5.74) is 0.226. The first-order valence-electron chi connectivity index (χ1n) is 9.33. The van der Waals surface area contributed by atoms with Crippen molar-refractivity contribution in [3.05, 3.63) is 48.3 Å². The van der Waals surface area contributed by atoms with Crippen LogP contribution in [0.1, 0.15) is 44.6 Å². The Morgan fingerprint density at radius 1 is 1.23 bits per heavy atom. The lowest BCUT2D eigenvalue weighted by Crippen LogP contribution is -2.51. The van der Waals surface area contributed by atoms with E-state index >= 15 is 0 Å². The molecule has 0 radical (unpaired) electrons. The molecule has 2 heterocycles. The zero-order valence-electron chi connectivity index (χ0n) is 15.6. The van der Waals surface area contributed by atoms with Crippen molar-refractivity contribution < 1.29 is 14.0 Å². The summed E-state index contributed by atoms with van der Waals surface area (Å²) in [6, 6.07) is 6.84. The van der Waals surface area contributed by atoms with E-state index in [2.05, 4.69) is 6.58 Å². The minimum absolute atomic E-state index is 0.0258. The lowest BCUT2D eigenvalue weighted by Gasteiger charge is -2.40. The van der Waals surface area contributed by atoms with Crippen LogP contribution in [0.3, 0.4) is 0 Å². The molecule has 0 bridgehead atoms. The lowest BCUT2D eigenvalue weighted by atomic mass is 9.82. The van der Waals surface area contributed by atoms with Crippen LogP contribution in [0.4, 0.5) is 4.39 Å². The van der Waals surface area contributed by atoms with Crippen LogP contribution in [0, 0.1) is 11.7 Å². The van der Waals surface area contributed by atoms with Crippen molar-refractivity contribution in [3.8, 4) is 0 Å². The molecule has 1 aromatic rings. The Morgan fingerprint density at radius 2 is 1.96 bits per heavy atom. The van der Waals surface area contributed by atoms with Crippen molar-refractivity contribution in [3.63, 3.8) is 0 Å². The molecule has 2 unspecified atom stereocenters. The summed E-state index contributed by atoms with van der Waals surface area (Å²) >= 11 is 0. The molecule has 2 fully saturated rings. The molecule has 0 spiro atoms. The van der Waals surface area contributed by atoms with Crippen molar-refractivity contribution in [2.45, 2.75) is 44.6 Å². The van der Waals surface area contributed by atoms with Gasteiger partial charge < -0.3 is 9.80 Å². The Bertz CT molecular complexity index is 716. The highest BCUT2D eigenvalue weighted by Crippen LogP contribution is 2.43. The fourth-order valence-electron chi connectivity index (χ4n) is 4.50. The number of rotatable bonds is 3. The molecule has 2 aliphatic rings. The molecule has 5 heteroatoms. The van der Waals surface area contributed by atoms with Gasteiger partial charge in [0.2, 0.25) is 11.8 Å². The molecule has 0 N–H and O–H groups in total. The van der Waals surface area contributed by atoms with E-state index in [0.717, 1.165) is 19.3 Å². The zero-order chi connectivity index (χ0) is 18.9. The summed E-state index contributed by atoms with van der Waals surface area (Å²) < 4.78 is 14.3. The molecule has 140 valence electrons. The molecular formula is C21H27FN2O2. The van der Waals surface area contributed by atoms with Gasteiger partial charge in [-0.05, 0) is 50.8 Å². The second-order valence-electron chi connectivity index (χ2n) is 7.83. The fourth-order valence-corrected chi connectivity index (χ4v) is 4.50. The van der Waals surface area contributed by atoms with Crippen LogP contribution >= 0.6 is 0 Å². The summed E-state index contributed by atoms with van der Waals surface area (Å²) in [6.45, 7) is 9.32. The molecular weight excluding hydrogens is 331 g/mol. The number of hydrogen-bond donors (Lipinski definition) is 0. The van der Waals surface area contributed by atoms with Gasteiger partial charge in [-0.3, -0.25) is 9.59 Å². The van der Waals surface area contributed by atoms with Crippen molar-refractivity contribution in [1.29, 1.82) is 0 Å². The minimum Gasteiger partial charge on any atom is -0.338 e. The highest BCUT2D eigenvalue weighted by atomic mass is 19.1. The van der Waals surface area contributed by atoms with Gasteiger partial charge in [0.25, 0.3) is 0 Å². The molecule has 26 heavy (non-hydrogen) atoms. The van der Waals surface area contributed by atoms with Gasteiger partial charge in [-0.15, -0.1) is 0 Å². The second kappa shape index (κ2) is 7.22. The first-order valence-corrected chi connectivity index (χ1v) is 9.33. The molecule has 0 saturated carbocycles. The largest absolute Gasteiger partial charge is 0.338 e. The summed E-state index contributed by atoms with van der Waals surface area (Å²) in [4.78, 5) is 28.7. The van der Waals surface area contributed by atoms with Crippen LogP contribution in [-0.4, -0.2) is 46.8 Å². The first-order chi connectivity index (χ1) is 12.4. The van der Waals surface area contributed by atoms with Gasteiger partial charge >= 0.3 is 0 Å². The van der Waals surface area contributed by atoms with E-state index in [1.54, 1.807) is 11.0 Å². The van der Waals surface area contributed by atoms with Gasteiger partial charge in [-0.2, -0.15) is 0 Å². The van der Waals surface area contributed by atoms with Crippen LogP contribution in [0.25, 0.3) is 0 Å². The van der Waals surface area contributed by atoms with Gasteiger partial charge in [-0.25, -0.2) is 4.39 Å². The molecule has 1 aromatic carbocycles. The quantitative estimate of drug-likeness (QED) is 0.778. The van der Waals surface area contributed by atoms with Gasteiger partial charge in [0.15, 0.2) is 0 Å². The maximum absolute atomic E-state index is 14.3. The smallest absolute Gasteiger partial charge is 0.245 e. The average Bonchev–Trinajstić information content (AvgIpc) is 2.95. The number of piperidine rings is 1.